The minimum Gasteiger partial charge on any atom is -0.460 e. The molecule has 1 heterocycles. The number of nitrogens with zero attached hydrogens (tertiary/aromatic N) is 4. The van der Waals surface area contributed by atoms with Crippen molar-refractivity contribution in [2.75, 3.05) is 19.7 Å². The summed E-state index contributed by atoms with van der Waals surface area (Å²) in [6.45, 7) is 3.81. The van der Waals surface area contributed by atoms with Crippen LogP contribution in [0, 0.1) is 0 Å². The van der Waals surface area contributed by atoms with Crippen LogP contribution >= 0.6 is 0 Å². The molecule has 0 bridgehead atoms. The van der Waals surface area contributed by atoms with Crippen LogP contribution in [-0.4, -0.2) is 87.3 Å². The molecule has 3 unspecified atom stereocenters. The largest absolute Gasteiger partial charge is 0.460 e. The molecule has 46 heavy (non-hydrogen) atoms. The lowest BCUT2D eigenvalue weighted by Gasteiger charge is -2.31. The average Bonchev–Trinajstić information content (AvgIpc) is 3.03. The van der Waals surface area contributed by atoms with Crippen molar-refractivity contribution in [2.24, 2.45) is 27.5 Å². The molecule has 2 aromatic rings. The molecule has 0 saturated heterocycles. The van der Waals surface area contributed by atoms with Crippen molar-refractivity contribution in [3.63, 3.8) is 0 Å². The maximum absolute atomic E-state index is 11.5. The SMILES string of the molecule is CC(=O)N[C@@H](O)C(Oc1ccc(CN2NC(c3ccccc3)=NN=C2CC/C(N)=C/N(N)CCCCN)cc1)OC(CO)C(C)O. The summed E-state index contributed by atoms with van der Waals surface area (Å²) in [6, 6.07) is 16.6. The monoisotopic (exact) mass is 641 g/mol. The molecule has 0 saturated carbocycles. The zero-order valence-corrected chi connectivity index (χ0v) is 26.3. The maximum Gasteiger partial charge on any atom is 0.245 e. The van der Waals surface area contributed by atoms with E-state index < -0.39 is 37.2 Å². The molecule has 3 rings (SSSR count). The minimum atomic E-state index is -1.56. The number of aliphatic hydroxyl groups excluding tert-OH is 3. The molecule has 15 heteroatoms. The fourth-order valence-corrected chi connectivity index (χ4v) is 4.36. The summed E-state index contributed by atoms with van der Waals surface area (Å²) >= 11 is 0. The van der Waals surface area contributed by atoms with Crippen LogP contribution in [0.2, 0.25) is 0 Å². The number of carbonyl (C=O) groups excluding carboxylic acids is 1. The summed E-state index contributed by atoms with van der Waals surface area (Å²) < 4.78 is 11.4. The minimum absolute atomic E-state index is 0.322. The molecule has 0 radical (unpaired) electrons. The summed E-state index contributed by atoms with van der Waals surface area (Å²) in [5, 5.41) is 44.6. The fourth-order valence-electron chi connectivity index (χ4n) is 4.36. The van der Waals surface area contributed by atoms with Crippen molar-refractivity contribution in [3.8, 4) is 5.75 Å². The number of amidine groups is 2. The van der Waals surface area contributed by atoms with Crippen LogP contribution in [0.4, 0.5) is 0 Å². The number of hydrogen-bond donors (Lipinski definition) is 8. The Morgan fingerprint density at radius 1 is 1.13 bits per heavy atom. The van der Waals surface area contributed by atoms with Gasteiger partial charge in [-0.05, 0) is 50.4 Å². The molecular formula is C31H47N9O6. The number of benzene rings is 2. The van der Waals surface area contributed by atoms with E-state index in [0.717, 1.165) is 24.0 Å². The molecule has 1 aliphatic heterocycles. The molecule has 0 fully saturated rings. The second-order valence-electron chi connectivity index (χ2n) is 10.8. The van der Waals surface area contributed by atoms with E-state index >= 15 is 0 Å². The predicted molar refractivity (Wildman–Crippen MR) is 174 cm³/mol. The Balaban J connectivity index is 1.73. The van der Waals surface area contributed by atoms with Crippen molar-refractivity contribution in [1.29, 1.82) is 0 Å². The van der Waals surface area contributed by atoms with Gasteiger partial charge in [-0.15, -0.1) is 10.2 Å². The Bertz CT molecular complexity index is 1310. The first-order chi connectivity index (χ1) is 22.1. The third-order valence-corrected chi connectivity index (χ3v) is 6.86. The van der Waals surface area contributed by atoms with Crippen molar-refractivity contribution >= 4 is 17.6 Å². The van der Waals surface area contributed by atoms with Crippen molar-refractivity contribution in [3.05, 3.63) is 77.6 Å². The number of aliphatic hydroxyl groups is 3. The van der Waals surface area contributed by atoms with Crippen molar-refractivity contribution in [2.45, 2.75) is 70.8 Å². The Kier molecular flexibility index (Phi) is 14.7. The Morgan fingerprint density at radius 2 is 1.85 bits per heavy atom. The van der Waals surface area contributed by atoms with Crippen LogP contribution in [0.1, 0.15) is 50.7 Å². The number of nitrogens with one attached hydrogen (secondary N) is 2. The molecule has 11 N–H and O–H groups in total. The molecule has 0 spiro atoms. The highest BCUT2D eigenvalue weighted by atomic mass is 16.7. The molecular weight excluding hydrogens is 594 g/mol. The van der Waals surface area contributed by atoms with Gasteiger partial charge in [0.2, 0.25) is 12.2 Å². The maximum atomic E-state index is 11.5. The van der Waals surface area contributed by atoms with Crippen LogP contribution in [0.5, 0.6) is 5.75 Å². The quantitative estimate of drug-likeness (QED) is 0.0445. The summed E-state index contributed by atoms with van der Waals surface area (Å²) in [5.74, 6) is 7.12. The van der Waals surface area contributed by atoms with Gasteiger partial charge < -0.3 is 46.6 Å². The molecule has 0 aliphatic carbocycles. The van der Waals surface area contributed by atoms with Crippen molar-refractivity contribution in [1.82, 2.24) is 20.8 Å². The van der Waals surface area contributed by atoms with Gasteiger partial charge in [0.15, 0.2) is 12.1 Å². The van der Waals surface area contributed by atoms with Crippen LogP contribution in [-0.2, 0) is 16.1 Å². The normalized spacial score (nSPS) is 16.0. The molecule has 252 valence electrons. The molecule has 1 aliphatic rings. The van der Waals surface area contributed by atoms with E-state index in [2.05, 4.69) is 20.9 Å². The summed E-state index contributed by atoms with van der Waals surface area (Å²) in [4.78, 5) is 11.5. The Hall–Kier alpha value is -4.25. The lowest BCUT2D eigenvalue weighted by molar-refractivity contribution is -0.205. The summed E-state index contributed by atoms with van der Waals surface area (Å²) in [6.07, 6.45) is -0.597. The fraction of sp³-hybridized carbons (Fsp3) is 0.452. The molecule has 4 atom stereocenters. The number of hydrazine groups is 2. The van der Waals surface area contributed by atoms with Crippen LogP contribution in [0.3, 0.4) is 0 Å². The highest BCUT2D eigenvalue weighted by Gasteiger charge is 2.29. The average molecular weight is 642 g/mol. The zero-order valence-electron chi connectivity index (χ0n) is 26.3. The standard InChI is InChI=1S/C31H47N9O6/c1-21(42)27(20-41)46-31(30(44)35-22(2)43)45-26-13-10-23(11-14-26)18-40-28(15-12-25(33)19-39(34)17-7-6-16-32)36-37-29(38-40)24-8-4-3-5-9-24/h3-5,8-11,13-14,19,21,27,30-31,41-42,44H,6-7,12,15-18,20,32-34H2,1-2H3,(H,35,43)(H,37,38)/b25-19-/t21?,27?,30-,31?/m0/s1. The van der Waals surface area contributed by atoms with Gasteiger partial charge in [0.1, 0.15) is 17.7 Å². The van der Waals surface area contributed by atoms with E-state index in [0.29, 0.717) is 55.6 Å². The first-order valence-electron chi connectivity index (χ1n) is 15.2. The third kappa shape index (κ3) is 11.9. The van der Waals surface area contributed by atoms with Crippen LogP contribution < -0.4 is 32.8 Å². The second kappa shape index (κ2) is 18.7. The molecule has 2 aromatic carbocycles. The molecule has 15 nitrogen and oxygen atoms in total. The first-order valence-corrected chi connectivity index (χ1v) is 15.2. The third-order valence-electron chi connectivity index (χ3n) is 6.86. The van der Waals surface area contributed by atoms with E-state index in [1.807, 2.05) is 47.5 Å². The zero-order chi connectivity index (χ0) is 33.5. The number of allylic oxidation sites excluding steroid dienone is 1. The van der Waals surface area contributed by atoms with Gasteiger partial charge >= 0.3 is 0 Å². The van der Waals surface area contributed by atoms with Crippen LogP contribution in [0.25, 0.3) is 0 Å². The Labute approximate surface area is 269 Å². The predicted octanol–water partition coefficient (Wildman–Crippen LogP) is 0.180. The number of rotatable bonds is 19. The number of carbonyl (C=O) groups is 1. The topological polar surface area (TPSA) is 230 Å². The highest BCUT2D eigenvalue weighted by Crippen LogP contribution is 2.19. The van der Waals surface area contributed by atoms with E-state index in [1.165, 1.54) is 13.8 Å². The number of unbranched alkanes of at least 4 members (excludes halogenated alkanes) is 1. The van der Waals surface area contributed by atoms with Gasteiger partial charge in [0.05, 0.1) is 19.3 Å². The lowest BCUT2D eigenvalue weighted by atomic mass is 10.1. The Morgan fingerprint density at radius 3 is 2.48 bits per heavy atom. The number of ether oxygens (including phenoxy) is 2. The van der Waals surface area contributed by atoms with Gasteiger partial charge in [-0.3, -0.25) is 15.2 Å². The summed E-state index contributed by atoms with van der Waals surface area (Å²) in [7, 11) is 0. The van der Waals surface area contributed by atoms with Gasteiger partial charge in [0, 0.05) is 37.3 Å². The van der Waals surface area contributed by atoms with Gasteiger partial charge in [-0.1, -0.05) is 42.5 Å². The van der Waals surface area contributed by atoms with E-state index in [4.69, 9.17) is 26.8 Å². The van der Waals surface area contributed by atoms with Gasteiger partial charge in [-0.25, -0.2) is 5.84 Å². The van der Waals surface area contributed by atoms with Gasteiger partial charge in [-0.2, -0.15) is 0 Å². The number of hydrogen-bond acceptors (Lipinski definition) is 14. The number of amides is 1. The number of nitrogens with two attached hydrogens (primary N) is 3. The van der Waals surface area contributed by atoms with Crippen LogP contribution in [0.15, 0.2) is 76.7 Å². The second-order valence-corrected chi connectivity index (χ2v) is 10.8. The molecule has 1 amide bonds. The van der Waals surface area contributed by atoms with E-state index in [-0.39, 0.29) is 0 Å². The van der Waals surface area contributed by atoms with Crippen molar-refractivity contribution < 1.29 is 29.6 Å². The van der Waals surface area contributed by atoms with E-state index in [9.17, 15) is 20.1 Å². The van der Waals surface area contributed by atoms with E-state index in [1.54, 1.807) is 23.3 Å². The van der Waals surface area contributed by atoms with Gasteiger partial charge in [0.25, 0.3) is 0 Å². The summed E-state index contributed by atoms with van der Waals surface area (Å²) in [5.41, 5.74) is 17.5. The lowest BCUT2D eigenvalue weighted by Crippen LogP contribution is -2.49. The molecule has 0 aromatic heterocycles. The smallest absolute Gasteiger partial charge is 0.245 e. The first kappa shape index (κ1) is 36.2. The highest BCUT2D eigenvalue weighted by molar-refractivity contribution is 6.01.